The lowest BCUT2D eigenvalue weighted by molar-refractivity contribution is 0.697. The van der Waals surface area contributed by atoms with Gasteiger partial charge in [-0.1, -0.05) is 0 Å². The van der Waals surface area contributed by atoms with Gasteiger partial charge in [0.15, 0.2) is 5.96 Å². The summed E-state index contributed by atoms with van der Waals surface area (Å²) >= 11 is 0. The normalized spacial score (nSPS) is 11.1. The maximum Gasteiger partial charge on any atom is 0.191 e. The summed E-state index contributed by atoms with van der Waals surface area (Å²) in [5.74, 6) is 0.853. The van der Waals surface area contributed by atoms with Crippen LogP contribution in [0.15, 0.2) is 23.5 Å². The first-order valence-electron chi connectivity index (χ1n) is 6.00. The minimum atomic E-state index is 0. The van der Waals surface area contributed by atoms with E-state index < -0.39 is 0 Å². The van der Waals surface area contributed by atoms with Crippen molar-refractivity contribution in [3.05, 3.63) is 29.6 Å². The second kappa shape index (κ2) is 9.13. The average Bonchev–Trinajstić information content (AvgIpc) is 2.29. The smallest absolute Gasteiger partial charge is 0.191 e. The third-order valence-electron chi connectivity index (χ3n) is 2.47. The number of aryl methyl sites for hydroxylation is 1. The molecule has 0 bridgehead atoms. The van der Waals surface area contributed by atoms with Gasteiger partial charge in [-0.2, -0.15) is 0 Å². The second-order valence-corrected chi connectivity index (χ2v) is 4.35. The molecular weight excluding hydrogens is 339 g/mol. The largest absolute Gasteiger partial charge is 0.356 e. The number of rotatable bonds is 4. The van der Waals surface area contributed by atoms with Gasteiger partial charge in [-0.3, -0.25) is 9.98 Å². The Bertz CT molecular complexity index is 377. The molecule has 1 rings (SSSR count). The first-order chi connectivity index (χ1) is 8.13. The Hall–Kier alpha value is -0.850. The molecule has 1 heterocycles. The topological polar surface area (TPSA) is 49.3 Å². The van der Waals surface area contributed by atoms with Crippen LogP contribution in [0, 0.1) is 6.92 Å². The van der Waals surface area contributed by atoms with Crippen LogP contribution < -0.4 is 10.6 Å². The summed E-state index contributed by atoms with van der Waals surface area (Å²) in [5, 5.41) is 6.55. The van der Waals surface area contributed by atoms with Crippen LogP contribution in [0.1, 0.15) is 25.0 Å². The Kier molecular flexibility index (Phi) is 8.70. The molecule has 1 aromatic rings. The molecular formula is C13H23IN4. The molecule has 0 amide bonds. The van der Waals surface area contributed by atoms with Crippen LogP contribution in [-0.4, -0.2) is 30.6 Å². The van der Waals surface area contributed by atoms with E-state index in [0.717, 1.165) is 18.9 Å². The number of nitrogens with zero attached hydrogens (tertiary/aromatic N) is 2. The van der Waals surface area contributed by atoms with Crippen molar-refractivity contribution in [1.29, 1.82) is 0 Å². The molecule has 0 saturated carbocycles. The standard InChI is InChI=1S/C13H22N4.HI/c1-10(2)17-13(14-4)16-8-6-12-5-7-15-9-11(12)3;/h5,7,9-10H,6,8H2,1-4H3,(H2,14,16,17);1H. The monoisotopic (exact) mass is 362 g/mol. The van der Waals surface area contributed by atoms with Crippen LogP contribution in [0.3, 0.4) is 0 Å². The van der Waals surface area contributed by atoms with Gasteiger partial charge in [0, 0.05) is 32.0 Å². The zero-order valence-corrected chi connectivity index (χ0v) is 13.9. The van der Waals surface area contributed by atoms with Gasteiger partial charge >= 0.3 is 0 Å². The highest BCUT2D eigenvalue weighted by molar-refractivity contribution is 14.0. The fraction of sp³-hybridized carbons (Fsp3) is 0.538. The minimum Gasteiger partial charge on any atom is -0.356 e. The number of aliphatic imine (C=N–C) groups is 1. The maximum atomic E-state index is 4.16. The van der Waals surface area contributed by atoms with E-state index in [1.807, 2.05) is 12.4 Å². The lowest BCUT2D eigenvalue weighted by atomic mass is 10.1. The number of halogens is 1. The average molecular weight is 362 g/mol. The molecule has 0 radical (unpaired) electrons. The van der Waals surface area contributed by atoms with Crippen molar-refractivity contribution in [1.82, 2.24) is 15.6 Å². The predicted molar refractivity (Wildman–Crippen MR) is 87.7 cm³/mol. The first kappa shape index (κ1) is 17.2. The number of pyridine rings is 1. The van der Waals surface area contributed by atoms with Crippen LogP contribution in [-0.2, 0) is 6.42 Å². The van der Waals surface area contributed by atoms with Gasteiger partial charge < -0.3 is 10.6 Å². The Balaban J connectivity index is 0.00000289. The first-order valence-corrected chi connectivity index (χ1v) is 6.00. The Morgan fingerprint density at radius 2 is 2.17 bits per heavy atom. The Morgan fingerprint density at radius 3 is 2.72 bits per heavy atom. The molecule has 0 aromatic carbocycles. The molecule has 102 valence electrons. The summed E-state index contributed by atoms with van der Waals surface area (Å²) in [6, 6.07) is 2.46. The number of aromatic nitrogens is 1. The second-order valence-electron chi connectivity index (χ2n) is 4.35. The van der Waals surface area contributed by atoms with Gasteiger partial charge in [0.05, 0.1) is 0 Å². The van der Waals surface area contributed by atoms with Crippen molar-refractivity contribution in [2.75, 3.05) is 13.6 Å². The van der Waals surface area contributed by atoms with E-state index in [1.54, 1.807) is 7.05 Å². The van der Waals surface area contributed by atoms with E-state index in [1.165, 1.54) is 11.1 Å². The van der Waals surface area contributed by atoms with Crippen molar-refractivity contribution >= 4 is 29.9 Å². The SMILES string of the molecule is CN=C(NCCc1ccncc1C)NC(C)C.I. The summed E-state index contributed by atoms with van der Waals surface area (Å²) in [6.45, 7) is 7.15. The molecule has 0 aliphatic rings. The third kappa shape index (κ3) is 6.18. The van der Waals surface area contributed by atoms with Crippen molar-refractivity contribution in [2.45, 2.75) is 33.2 Å². The van der Waals surface area contributed by atoms with E-state index in [2.05, 4.69) is 47.4 Å². The maximum absolute atomic E-state index is 4.16. The van der Waals surface area contributed by atoms with E-state index >= 15 is 0 Å². The lowest BCUT2D eigenvalue weighted by Gasteiger charge is -2.14. The molecule has 0 unspecified atom stereocenters. The van der Waals surface area contributed by atoms with Gasteiger partial charge in [-0.05, 0) is 44.4 Å². The molecule has 1 aromatic heterocycles. The van der Waals surface area contributed by atoms with Gasteiger partial charge in [-0.15, -0.1) is 24.0 Å². The fourth-order valence-corrected chi connectivity index (χ4v) is 1.57. The molecule has 0 aliphatic carbocycles. The minimum absolute atomic E-state index is 0. The van der Waals surface area contributed by atoms with Crippen LogP contribution in [0.4, 0.5) is 0 Å². The number of hydrogen-bond acceptors (Lipinski definition) is 2. The Labute approximate surface area is 127 Å². The van der Waals surface area contributed by atoms with Crippen LogP contribution in [0.25, 0.3) is 0 Å². The van der Waals surface area contributed by atoms with Crippen molar-refractivity contribution < 1.29 is 0 Å². The fourth-order valence-electron chi connectivity index (χ4n) is 1.57. The molecule has 4 nitrogen and oxygen atoms in total. The van der Waals surface area contributed by atoms with Crippen molar-refractivity contribution in [3.8, 4) is 0 Å². The highest BCUT2D eigenvalue weighted by Gasteiger charge is 2.01. The summed E-state index contributed by atoms with van der Waals surface area (Å²) < 4.78 is 0. The summed E-state index contributed by atoms with van der Waals surface area (Å²) in [5.41, 5.74) is 2.56. The van der Waals surface area contributed by atoms with Crippen LogP contribution in [0.2, 0.25) is 0 Å². The van der Waals surface area contributed by atoms with E-state index in [4.69, 9.17) is 0 Å². The third-order valence-corrected chi connectivity index (χ3v) is 2.47. The van der Waals surface area contributed by atoms with Crippen molar-refractivity contribution in [2.24, 2.45) is 4.99 Å². The number of nitrogens with one attached hydrogen (secondary N) is 2. The van der Waals surface area contributed by atoms with Crippen LogP contribution >= 0.6 is 24.0 Å². The van der Waals surface area contributed by atoms with Gasteiger partial charge in [-0.25, -0.2) is 0 Å². The van der Waals surface area contributed by atoms with Gasteiger partial charge in [0.2, 0.25) is 0 Å². The van der Waals surface area contributed by atoms with Crippen LogP contribution in [0.5, 0.6) is 0 Å². The highest BCUT2D eigenvalue weighted by Crippen LogP contribution is 2.04. The molecule has 0 saturated heterocycles. The number of hydrogen-bond donors (Lipinski definition) is 2. The van der Waals surface area contributed by atoms with Gasteiger partial charge in [0.25, 0.3) is 0 Å². The zero-order valence-electron chi connectivity index (χ0n) is 11.5. The number of guanidine groups is 1. The quantitative estimate of drug-likeness (QED) is 0.490. The van der Waals surface area contributed by atoms with E-state index in [9.17, 15) is 0 Å². The molecule has 0 atom stereocenters. The van der Waals surface area contributed by atoms with E-state index in [-0.39, 0.29) is 24.0 Å². The molecule has 0 spiro atoms. The van der Waals surface area contributed by atoms with E-state index in [0.29, 0.717) is 6.04 Å². The van der Waals surface area contributed by atoms with Gasteiger partial charge in [0.1, 0.15) is 0 Å². The predicted octanol–water partition coefficient (Wildman–Crippen LogP) is 2.12. The van der Waals surface area contributed by atoms with Crippen molar-refractivity contribution in [3.63, 3.8) is 0 Å². The molecule has 18 heavy (non-hydrogen) atoms. The Morgan fingerprint density at radius 1 is 1.44 bits per heavy atom. The molecule has 0 aliphatic heterocycles. The zero-order chi connectivity index (χ0) is 12.7. The summed E-state index contributed by atoms with van der Waals surface area (Å²) in [4.78, 5) is 8.25. The summed E-state index contributed by atoms with van der Waals surface area (Å²) in [6.07, 6.45) is 4.72. The molecule has 0 fully saturated rings. The molecule has 5 heteroatoms. The lowest BCUT2D eigenvalue weighted by Crippen LogP contribution is -2.41. The summed E-state index contributed by atoms with van der Waals surface area (Å²) in [7, 11) is 1.79. The molecule has 2 N–H and O–H groups in total. The highest BCUT2D eigenvalue weighted by atomic mass is 127.